The van der Waals surface area contributed by atoms with Gasteiger partial charge in [0.15, 0.2) is 5.82 Å². The van der Waals surface area contributed by atoms with E-state index >= 15 is 0 Å². The van der Waals surface area contributed by atoms with Crippen LogP contribution in [0.2, 0.25) is 0 Å². The fourth-order valence-electron chi connectivity index (χ4n) is 1.85. The highest BCUT2D eigenvalue weighted by molar-refractivity contribution is 5.83. The largest absolute Gasteiger partial charge is 0.361 e. The van der Waals surface area contributed by atoms with Gasteiger partial charge in [0.2, 0.25) is 0 Å². The molecule has 0 radical (unpaired) electrons. The molecule has 3 aromatic rings. The van der Waals surface area contributed by atoms with E-state index in [1.165, 1.54) is 5.39 Å². The van der Waals surface area contributed by atoms with Crippen molar-refractivity contribution in [2.75, 3.05) is 0 Å². The molecule has 1 aromatic carbocycles. The second-order valence-corrected chi connectivity index (χ2v) is 3.91. The van der Waals surface area contributed by atoms with Crippen molar-refractivity contribution in [1.82, 2.24) is 19.7 Å². The van der Waals surface area contributed by atoms with Crippen LogP contribution in [0.5, 0.6) is 0 Å². The summed E-state index contributed by atoms with van der Waals surface area (Å²) in [6.45, 7) is 1.95. The van der Waals surface area contributed by atoms with E-state index in [0.29, 0.717) is 0 Å². The van der Waals surface area contributed by atoms with Crippen molar-refractivity contribution in [3.63, 3.8) is 0 Å². The third-order valence-electron chi connectivity index (χ3n) is 2.90. The fraction of sp³-hybridized carbons (Fsp3) is 0.167. The first-order chi connectivity index (χ1) is 7.75. The summed E-state index contributed by atoms with van der Waals surface area (Å²) in [5, 5.41) is 9.44. The maximum Gasteiger partial charge on any atom is 0.163 e. The molecular weight excluding hydrogens is 200 g/mol. The first-order valence-electron chi connectivity index (χ1n) is 5.19. The Bertz CT molecular complexity index is 648. The molecule has 0 spiro atoms. The van der Waals surface area contributed by atoms with E-state index in [1.54, 1.807) is 0 Å². The van der Waals surface area contributed by atoms with Gasteiger partial charge in [-0.25, -0.2) is 0 Å². The van der Waals surface area contributed by atoms with Gasteiger partial charge < -0.3 is 9.55 Å². The Morgan fingerprint density at radius 1 is 1.19 bits per heavy atom. The molecule has 0 aliphatic heterocycles. The molecule has 4 nitrogen and oxygen atoms in total. The zero-order valence-corrected chi connectivity index (χ0v) is 9.23. The van der Waals surface area contributed by atoms with Crippen molar-refractivity contribution in [3.05, 3.63) is 36.3 Å². The Morgan fingerprint density at radius 2 is 2.06 bits per heavy atom. The van der Waals surface area contributed by atoms with Crippen LogP contribution < -0.4 is 0 Å². The summed E-state index contributed by atoms with van der Waals surface area (Å²) in [7, 11) is 1.98. The van der Waals surface area contributed by atoms with Gasteiger partial charge in [-0.15, -0.1) is 10.2 Å². The average molecular weight is 212 g/mol. The Hall–Kier alpha value is -2.10. The lowest BCUT2D eigenvalue weighted by molar-refractivity contribution is 0.865. The lowest BCUT2D eigenvalue weighted by atomic mass is 10.1. The van der Waals surface area contributed by atoms with Crippen LogP contribution in [0.15, 0.2) is 30.5 Å². The van der Waals surface area contributed by atoms with Crippen LogP contribution in [0.3, 0.4) is 0 Å². The minimum absolute atomic E-state index is 0.903. The standard InChI is InChI=1S/C12H12N4/c1-8-14-15-12(16(8)2)10-3-4-11-9(7-10)5-6-13-11/h3-7,13H,1-2H3. The lowest BCUT2D eigenvalue weighted by Crippen LogP contribution is -1.94. The summed E-state index contributed by atoms with van der Waals surface area (Å²) < 4.78 is 1.99. The van der Waals surface area contributed by atoms with E-state index in [2.05, 4.69) is 39.4 Å². The van der Waals surface area contributed by atoms with Gasteiger partial charge in [-0.05, 0) is 31.2 Å². The molecular formula is C12H12N4. The number of hydrogen-bond donors (Lipinski definition) is 1. The van der Waals surface area contributed by atoms with Crippen molar-refractivity contribution in [1.29, 1.82) is 0 Å². The highest BCUT2D eigenvalue weighted by Crippen LogP contribution is 2.22. The lowest BCUT2D eigenvalue weighted by Gasteiger charge is -2.01. The predicted molar refractivity (Wildman–Crippen MR) is 63.0 cm³/mol. The molecule has 3 rings (SSSR count). The molecule has 0 aliphatic rings. The smallest absolute Gasteiger partial charge is 0.163 e. The normalized spacial score (nSPS) is 11.1. The van der Waals surface area contributed by atoms with E-state index in [9.17, 15) is 0 Å². The number of aromatic amines is 1. The number of aryl methyl sites for hydroxylation is 1. The maximum absolute atomic E-state index is 4.18. The maximum atomic E-state index is 4.18. The summed E-state index contributed by atoms with van der Waals surface area (Å²) in [4.78, 5) is 3.18. The summed E-state index contributed by atoms with van der Waals surface area (Å²) in [5.41, 5.74) is 2.23. The molecule has 80 valence electrons. The Morgan fingerprint density at radius 3 is 2.81 bits per heavy atom. The molecule has 1 N–H and O–H groups in total. The molecule has 16 heavy (non-hydrogen) atoms. The number of nitrogens with one attached hydrogen (secondary N) is 1. The zero-order chi connectivity index (χ0) is 11.1. The zero-order valence-electron chi connectivity index (χ0n) is 9.23. The van der Waals surface area contributed by atoms with Gasteiger partial charge in [0.05, 0.1) is 0 Å². The van der Waals surface area contributed by atoms with Gasteiger partial charge >= 0.3 is 0 Å². The van der Waals surface area contributed by atoms with Crippen molar-refractivity contribution in [2.45, 2.75) is 6.92 Å². The second-order valence-electron chi connectivity index (χ2n) is 3.91. The van der Waals surface area contributed by atoms with Gasteiger partial charge in [0.25, 0.3) is 0 Å². The molecule has 0 saturated carbocycles. The van der Waals surface area contributed by atoms with E-state index in [4.69, 9.17) is 0 Å². The van der Waals surface area contributed by atoms with Crippen LogP contribution in [-0.4, -0.2) is 19.7 Å². The van der Waals surface area contributed by atoms with E-state index in [0.717, 1.165) is 22.7 Å². The van der Waals surface area contributed by atoms with Gasteiger partial charge in [-0.3, -0.25) is 0 Å². The minimum Gasteiger partial charge on any atom is -0.361 e. The number of fused-ring (bicyclic) bond motifs is 1. The number of nitrogens with zero attached hydrogens (tertiary/aromatic N) is 3. The van der Waals surface area contributed by atoms with Gasteiger partial charge in [-0.2, -0.15) is 0 Å². The first-order valence-corrected chi connectivity index (χ1v) is 5.19. The number of benzene rings is 1. The number of aromatic nitrogens is 4. The quantitative estimate of drug-likeness (QED) is 0.672. The highest BCUT2D eigenvalue weighted by Gasteiger charge is 2.08. The van der Waals surface area contributed by atoms with Crippen LogP contribution >= 0.6 is 0 Å². The first kappa shape index (κ1) is 9.15. The highest BCUT2D eigenvalue weighted by atomic mass is 15.3. The van der Waals surface area contributed by atoms with Crippen molar-refractivity contribution >= 4 is 10.9 Å². The minimum atomic E-state index is 0.903. The Kier molecular flexibility index (Phi) is 1.83. The average Bonchev–Trinajstić information content (AvgIpc) is 2.86. The molecule has 2 heterocycles. The van der Waals surface area contributed by atoms with Gasteiger partial charge in [0.1, 0.15) is 5.82 Å². The fourth-order valence-corrected chi connectivity index (χ4v) is 1.85. The van der Waals surface area contributed by atoms with Crippen LogP contribution in [0.25, 0.3) is 22.3 Å². The number of hydrogen-bond acceptors (Lipinski definition) is 2. The second kappa shape index (κ2) is 3.20. The Balaban J connectivity index is 2.21. The molecule has 0 saturated heterocycles. The van der Waals surface area contributed by atoms with Crippen molar-refractivity contribution in [2.24, 2.45) is 7.05 Å². The third-order valence-corrected chi connectivity index (χ3v) is 2.90. The van der Waals surface area contributed by atoms with E-state index < -0.39 is 0 Å². The summed E-state index contributed by atoms with van der Waals surface area (Å²) >= 11 is 0. The van der Waals surface area contributed by atoms with Crippen LogP contribution in [0.4, 0.5) is 0 Å². The summed E-state index contributed by atoms with van der Waals surface area (Å²) in [5.74, 6) is 1.82. The van der Waals surface area contributed by atoms with Gasteiger partial charge in [0, 0.05) is 29.7 Å². The number of H-pyrrole nitrogens is 1. The van der Waals surface area contributed by atoms with Gasteiger partial charge in [-0.1, -0.05) is 0 Å². The molecule has 0 bridgehead atoms. The summed E-state index contributed by atoms with van der Waals surface area (Å²) in [6.07, 6.45) is 1.94. The van der Waals surface area contributed by atoms with Crippen LogP contribution in [0.1, 0.15) is 5.82 Å². The molecule has 0 amide bonds. The topological polar surface area (TPSA) is 46.5 Å². The SMILES string of the molecule is Cc1nnc(-c2ccc3[nH]ccc3c2)n1C. The molecule has 0 unspecified atom stereocenters. The van der Waals surface area contributed by atoms with E-state index in [-0.39, 0.29) is 0 Å². The molecule has 0 fully saturated rings. The van der Waals surface area contributed by atoms with E-state index in [1.807, 2.05) is 24.7 Å². The monoisotopic (exact) mass is 212 g/mol. The predicted octanol–water partition coefficient (Wildman–Crippen LogP) is 2.27. The van der Waals surface area contributed by atoms with Crippen LogP contribution in [-0.2, 0) is 7.05 Å². The molecule has 0 atom stereocenters. The van der Waals surface area contributed by atoms with Crippen LogP contribution in [0, 0.1) is 6.92 Å². The number of rotatable bonds is 1. The third kappa shape index (κ3) is 1.23. The van der Waals surface area contributed by atoms with Crippen molar-refractivity contribution < 1.29 is 0 Å². The molecule has 2 aromatic heterocycles. The van der Waals surface area contributed by atoms with Crippen molar-refractivity contribution in [3.8, 4) is 11.4 Å². The molecule has 0 aliphatic carbocycles. The molecule has 4 heteroatoms. The summed E-state index contributed by atoms with van der Waals surface area (Å²) in [6, 6.07) is 8.30. The Labute approximate surface area is 92.9 Å².